The molecular formula is C21H25N3O2S. The van der Waals surface area contributed by atoms with Gasteiger partial charge in [0.2, 0.25) is 0 Å². The summed E-state index contributed by atoms with van der Waals surface area (Å²) < 4.78 is 5.35. The van der Waals surface area contributed by atoms with Crippen molar-refractivity contribution in [2.75, 3.05) is 13.7 Å². The average Bonchev–Trinajstić information content (AvgIpc) is 3.26. The van der Waals surface area contributed by atoms with Crippen molar-refractivity contribution in [2.24, 2.45) is 0 Å². The molecule has 2 heterocycles. The third kappa shape index (κ3) is 3.39. The van der Waals surface area contributed by atoms with Crippen LogP contribution in [0.3, 0.4) is 0 Å². The standard InChI is InChI=1S/C21H25N3O2S/c1-4-24(13(2)14-7-5-8-15(11-14)26-3)12-18-22-20(25)19-16-9-6-10-17(16)27-21(19)23-18/h5,7-8,11,13H,4,6,9-10,12H2,1-3H3,(H,22,23,25)/t13-/m0/s1. The minimum atomic E-state index is 0.0134. The van der Waals surface area contributed by atoms with Gasteiger partial charge in [0.25, 0.3) is 5.56 Å². The van der Waals surface area contributed by atoms with Crippen molar-refractivity contribution in [1.82, 2.24) is 14.9 Å². The minimum Gasteiger partial charge on any atom is -0.497 e. The maximum atomic E-state index is 12.7. The summed E-state index contributed by atoms with van der Waals surface area (Å²) in [6.45, 7) is 5.78. The number of aromatic amines is 1. The summed E-state index contributed by atoms with van der Waals surface area (Å²) in [5.41, 5.74) is 2.43. The van der Waals surface area contributed by atoms with Gasteiger partial charge in [0.15, 0.2) is 0 Å². The Bertz CT molecular complexity index is 1020. The maximum Gasteiger partial charge on any atom is 0.259 e. The van der Waals surface area contributed by atoms with E-state index in [9.17, 15) is 4.79 Å². The molecule has 4 rings (SSSR count). The highest BCUT2D eigenvalue weighted by molar-refractivity contribution is 7.18. The van der Waals surface area contributed by atoms with Crippen LogP contribution in [0, 0.1) is 0 Å². The second-order valence-electron chi connectivity index (χ2n) is 7.07. The largest absolute Gasteiger partial charge is 0.497 e. The highest BCUT2D eigenvalue weighted by atomic mass is 32.1. The van der Waals surface area contributed by atoms with Crippen molar-refractivity contribution < 1.29 is 4.74 Å². The Kier molecular flexibility index (Phi) is 5.02. The van der Waals surface area contributed by atoms with Gasteiger partial charge in [0.05, 0.1) is 19.0 Å². The number of rotatable bonds is 6. The fourth-order valence-electron chi connectivity index (χ4n) is 3.95. The molecule has 0 aliphatic heterocycles. The SMILES string of the molecule is CCN(Cc1nc2sc3c(c2c(=O)[nH]1)CCC3)[C@@H](C)c1cccc(OC)c1. The van der Waals surface area contributed by atoms with Crippen molar-refractivity contribution in [2.45, 2.75) is 45.7 Å². The molecule has 5 nitrogen and oxygen atoms in total. The van der Waals surface area contributed by atoms with Gasteiger partial charge < -0.3 is 9.72 Å². The first-order chi connectivity index (χ1) is 13.1. The Morgan fingerprint density at radius 2 is 2.22 bits per heavy atom. The molecule has 0 unspecified atom stereocenters. The van der Waals surface area contributed by atoms with E-state index in [4.69, 9.17) is 9.72 Å². The van der Waals surface area contributed by atoms with E-state index < -0.39 is 0 Å². The molecule has 1 atom stereocenters. The quantitative estimate of drug-likeness (QED) is 0.697. The molecule has 0 saturated heterocycles. The first-order valence-corrected chi connectivity index (χ1v) is 10.3. The Morgan fingerprint density at radius 3 is 3.00 bits per heavy atom. The van der Waals surface area contributed by atoms with Crippen molar-refractivity contribution in [3.8, 4) is 5.75 Å². The monoisotopic (exact) mass is 383 g/mol. The summed E-state index contributed by atoms with van der Waals surface area (Å²) in [6, 6.07) is 8.34. The number of nitrogens with zero attached hydrogens (tertiary/aromatic N) is 2. The van der Waals surface area contributed by atoms with E-state index in [0.29, 0.717) is 6.54 Å². The molecular weight excluding hydrogens is 358 g/mol. The maximum absolute atomic E-state index is 12.7. The molecule has 0 saturated carbocycles. The molecule has 1 aliphatic carbocycles. The number of aromatic nitrogens is 2. The first kappa shape index (κ1) is 18.2. The Labute approximate surface area is 163 Å². The first-order valence-electron chi connectivity index (χ1n) is 9.52. The second-order valence-corrected chi connectivity index (χ2v) is 8.15. The normalized spacial score (nSPS) is 14.7. The summed E-state index contributed by atoms with van der Waals surface area (Å²) in [7, 11) is 1.68. The number of H-pyrrole nitrogens is 1. The Balaban J connectivity index is 1.62. The average molecular weight is 384 g/mol. The van der Waals surface area contributed by atoms with E-state index in [1.165, 1.54) is 16.0 Å². The Hall–Kier alpha value is -2.18. The number of fused-ring (bicyclic) bond motifs is 3. The number of hydrogen-bond acceptors (Lipinski definition) is 5. The van der Waals surface area contributed by atoms with Gasteiger partial charge in [-0.25, -0.2) is 4.98 Å². The van der Waals surface area contributed by atoms with E-state index in [1.807, 2.05) is 12.1 Å². The molecule has 0 amide bonds. The van der Waals surface area contributed by atoms with Crippen molar-refractivity contribution >= 4 is 21.6 Å². The molecule has 6 heteroatoms. The van der Waals surface area contributed by atoms with Crippen LogP contribution < -0.4 is 10.3 Å². The highest BCUT2D eigenvalue weighted by Crippen LogP contribution is 2.34. The van der Waals surface area contributed by atoms with E-state index in [2.05, 4.69) is 35.9 Å². The number of aryl methyl sites for hydroxylation is 2. The van der Waals surface area contributed by atoms with Crippen molar-refractivity contribution in [1.29, 1.82) is 0 Å². The van der Waals surface area contributed by atoms with Crippen LogP contribution in [0.25, 0.3) is 10.2 Å². The summed E-state index contributed by atoms with van der Waals surface area (Å²) in [5, 5.41) is 0.820. The number of ether oxygens (including phenoxy) is 1. The van der Waals surface area contributed by atoms with Crippen molar-refractivity contribution in [3.05, 3.63) is 56.4 Å². The predicted octanol–water partition coefficient (Wildman–Crippen LogP) is 4.07. The van der Waals surface area contributed by atoms with Crippen LogP contribution in [0.4, 0.5) is 0 Å². The van der Waals surface area contributed by atoms with Crippen LogP contribution in [0.2, 0.25) is 0 Å². The van der Waals surface area contributed by atoms with Crippen LogP contribution in [-0.2, 0) is 19.4 Å². The zero-order valence-corrected chi connectivity index (χ0v) is 16.9. The van der Waals surface area contributed by atoms with Gasteiger partial charge in [-0.2, -0.15) is 0 Å². The molecule has 142 valence electrons. The van der Waals surface area contributed by atoms with Gasteiger partial charge >= 0.3 is 0 Å². The van der Waals surface area contributed by atoms with Crippen LogP contribution in [0.5, 0.6) is 5.75 Å². The lowest BCUT2D eigenvalue weighted by atomic mass is 10.1. The van der Waals surface area contributed by atoms with Crippen LogP contribution >= 0.6 is 11.3 Å². The number of hydrogen-bond donors (Lipinski definition) is 1. The lowest BCUT2D eigenvalue weighted by molar-refractivity contribution is 0.207. The van der Waals surface area contributed by atoms with Crippen LogP contribution in [0.1, 0.15) is 48.1 Å². The molecule has 0 bridgehead atoms. The molecule has 1 N–H and O–H groups in total. The lowest BCUT2D eigenvalue weighted by Gasteiger charge is -2.27. The minimum absolute atomic E-state index is 0.0134. The molecule has 0 fully saturated rings. The zero-order valence-electron chi connectivity index (χ0n) is 16.0. The third-order valence-corrected chi connectivity index (χ3v) is 6.69. The number of thiophene rings is 1. The highest BCUT2D eigenvalue weighted by Gasteiger charge is 2.22. The van der Waals surface area contributed by atoms with E-state index >= 15 is 0 Å². The van der Waals surface area contributed by atoms with E-state index in [0.717, 1.165) is 47.6 Å². The number of nitrogens with one attached hydrogen (secondary N) is 1. The molecule has 27 heavy (non-hydrogen) atoms. The lowest BCUT2D eigenvalue weighted by Crippen LogP contribution is -2.28. The van der Waals surface area contributed by atoms with Gasteiger partial charge in [-0.05, 0) is 56.0 Å². The van der Waals surface area contributed by atoms with E-state index in [-0.39, 0.29) is 11.6 Å². The fraction of sp³-hybridized carbons (Fsp3) is 0.429. The zero-order chi connectivity index (χ0) is 19.0. The van der Waals surface area contributed by atoms with Crippen LogP contribution in [0.15, 0.2) is 29.1 Å². The van der Waals surface area contributed by atoms with Gasteiger partial charge in [0, 0.05) is 10.9 Å². The predicted molar refractivity (Wildman–Crippen MR) is 110 cm³/mol. The van der Waals surface area contributed by atoms with Gasteiger partial charge in [-0.15, -0.1) is 11.3 Å². The molecule has 1 aliphatic rings. The number of benzene rings is 1. The van der Waals surface area contributed by atoms with Gasteiger partial charge in [-0.1, -0.05) is 19.1 Å². The Morgan fingerprint density at radius 1 is 1.37 bits per heavy atom. The molecule has 1 aromatic carbocycles. The summed E-state index contributed by atoms with van der Waals surface area (Å²) in [5.74, 6) is 1.60. The number of methoxy groups -OCH3 is 1. The van der Waals surface area contributed by atoms with E-state index in [1.54, 1.807) is 18.4 Å². The van der Waals surface area contributed by atoms with Gasteiger partial charge in [-0.3, -0.25) is 9.69 Å². The van der Waals surface area contributed by atoms with Crippen LogP contribution in [-0.4, -0.2) is 28.5 Å². The molecule has 0 spiro atoms. The fourth-order valence-corrected chi connectivity index (χ4v) is 5.23. The van der Waals surface area contributed by atoms with Gasteiger partial charge in [0.1, 0.15) is 16.4 Å². The smallest absolute Gasteiger partial charge is 0.259 e. The summed E-state index contributed by atoms with van der Waals surface area (Å²) in [4.78, 5) is 25.1. The molecule has 3 aromatic rings. The molecule has 2 aromatic heterocycles. The summed E-state index contributed by atoms with van der Waals surface area (Å²) >= 11 is 1.69. The van der Waals surface area contributed by atoms with Crippen molar-refractivity contribution in [3.63, 3.8) is 0 Å². The third-order valence-electron chi connectivity index (χ3n) is 5.51. The molecule has 0 radical (unpaired) electrons. The summed E-state index contributed by atoms with van der Waals surface area (Å²) in [6.07, 6.45) is 3.24. The second kappa shape index (κ2) is 7.44. The topological polar surface area (TPSA) is 58.2 Å².